The molecule has 3 aromatic rings. The summed E-state index contributed by atoms with van der Waals surface area (Å²) in [6, 6.07) is 11.8. The molecule has 0 radical (unpaired) electrons. The molecule has 0 spiro atoms. The Morgan fingerprint density at radius 1 is 1.12 bits per heavy atom. The molecule has 0 bridgehead atoms. The number of halogens is 2. The van der Waals surface area contributed by atoms with E-state index in [0.29, 0.717) is 5.57 Å². The van der Waals surface area contributed by atoms with Gasteiger partial charge in [-0.2, -0.15) is 0 Å². The Morgan fingerprint density at radius 2 is 1.88 bits per heavy atom. The van der Waals surface area contributed by atoms with E-state index in [9.17, 15) is 4.79 Å². The zero-order valence-electron chi connectivity index (χ0n) is 12.7. The number of benzene rings is 2. The smallest absolute Gasteiger partial charge is 0.256 e. The van der Waals surface area contributed by atoms with E-state index in [1.54, 1.807) is 6.20 Å². The third-order valence-electron chi connectivity index (χ3n) is 4.16. The highest BCUT2D eigenvalue weighted by Gasteiger charge is 2.26. The number of carbonyl (C=O) groups is 1. The lowest BCUT2D eigenvalue weighted by Crippen LogP contribution is -2.03. The van der Waals surface area contributed by atoms with Crippen LogP contribution < -0.4 is 5.32 Å². The number of anilines is 1. The maximum absolute atomic E-state index is 12.5. The number of nitrogens with zero attached hydrogens (tertiary/aromatic N) is 1. The zero-order valence-corrected chi connectivity index (χ0v) is 15.9. The number of amides is 1. The fourth-order valence-electron chi connectivity index (χ4n) is 2.90. The summed E-state index contributed by atoms with van der Waals surface area (Å²) in [7, 11) is 0. The van der Waals surface area contributed by atoms with E-state index in [1.165, 1.54) is 0 Å². The SMILES string of the molecule is Cc1c(Br)cc(/C=C2\C(=O)Nc3ccc4ncccc4c32)cc1Br. The molecular weight excluding hydrogens is 432 g/mol. The molecule has 0 saturated heterocycles. The summed E-state index contributed by atoms with van der Waals surface area (Å²) in [5.74, 6) is -0.0887. The van der Waals surface area contributed by atoms with Gasteiger partial charge in [0, 0.05) is 31.8 Å². The van der Waals surface area contributed by atoms with E-state index in [-0.39, 0.29) is 5.91 Å². The van der Waals surface area contributed by atoms with Gasteiger partial charge in [0.05, 0.1) is 11.1 Å². The van der Waals surface area contributed by atoms with Crippen molar-refractivity contribution in [3.63, 3.8) is 0 Å². The quantitative estimate of drug-likeness (QED) is 0.500. The first-order chi connectivity index (χ1) is 11.5. The molecule has 1 N–H and O–H groups in total. The van der Waals surface area contributed by atoms with Gasteiger partial charge in [-0.25, -0.2) is 0 Å². The Hall–Kier alpha value is -1.98. The van der Waals surface area contributed by atoms with Crippen LogP contribution in [0.2, 0.25) is 0 Å². The molecular formula is C19H12Br2N2O. The Labute approximate surface area is 156 Å². The number of hydrogen-bond acceptors (Lipinski definition) is 2. The predicted octanol–water partition coefficient (Wildman–Crippen LogP) is 5.56. The van der Waals surface area contributed by atoms with E-state index in [0.717, 1.165) is 42.2 Å². The van der Waals surface area contributed by atoms with Gasteiger partial charge in [-0.15, -0.1) is 0 Å². The van der Waals surface area contributed by atoms with E-state index < -0.39 is 0 Å². The molecule has 0 atom stereocenters. The largest absolute Gasteiger partial charge is 0.321 e. The van der Waals surface area contributed by atoms with Crippen LogP contribution in [0.5, 0.6) is 0 Å². The number of hydrogen-bond donors (Lipinski definition) is 1. The highest BCUT2D eigenvalue weighted by molar-refractivity contribution is 9.11. The molecule has 5 heteroatoms. The molecule has 1 aromatic heterocycles. The Morgan fingerprint density at radius 3 is 2.62 bits per heavy atom. The van der Waals surface area contributed by atoms with Crippen molar-refractivity contribution < 1.29 is 4.79 Å². The lowest BCUT2D eigenvalue weighted by molar-refractivity contribution is -0.110. The monoisotopic (exact) mass is 442 g/mol. The van der Waals surface area contributed by atoms with Gasteiger partial charge >= 0.3 is 0 Å². The maximum Gasteiger partial charge on any atom is 0.256 e. The van der Waals surface area contributed by atoms with Gasteiger partial charge in [-0.3, -0.25) is 9.78 Å². The van der Waals surface area contributed by atoms with Crippen LogP contribution in [0.25, 0.3) is 22.6 Å². The fraction of sp³-hybridized carbons (Fsp3) is 0.0526. The molecule has 118 valence electrons. The second kappa shape index (κ2) is 5.83. The van der Waals surface area contributed by atoms with Gasteiger partial charge in [0.15, 0.2) is 0 Å². The molecule has 3 nitrogen and oxygen atoms in total. The molecule has 24 heavy (non-hydrogen) atoms. The average molecular weight is 444 g/mol. The molecule has 1 amide bonds. The standard InChI is InChI=1S/C19H12Br2N2O/c1-10-14(20)8-11(9-15(10)21)7-13-18-12-3-2-6-22-16(12)4-5-17(18)23-19(13)24/h2-9H,1H3,(H,23,24)/b13-7-. The van der Waals surface area contributed by atoms with Crippen LogP contribution in [0.15, 0.2) is 51.5 Å². The molecule has 1 aliphatic heterocycles. The van der Waals surface area contributed by atoms with Crippen molar-refractivity contribution in [1.29, 1.82) is 0 Å². The van der Waals surface area contributed by atoms with Crippen LogP contribution in [0.1, 0.15) is 16.7 Å². The van der Waals surface area contributed by atoms with E-state index in [4.69, 9.17) is 0 Å². The predicted molar refractivity (Wildman–Crippen MR) is 105 cm³/mol. The topological polar surface area (TPSA) is 42.0 Å². The van der Waals surface area contributed by atoms with Crippen molar-refractivity contribution in [2.24, 2.45) is 0 Å². The third-order valence-corrected chi connectivity index (χ3v) is 5.81. The Balaban J connectivity index is 1.95. The van der Waals surface area contributed by atoms with Crippen LogP contribution in [-0.2, 0) is 4.79 Å². The van der Waals surface area contributed by atoms with Crippen molar-refractivity contribution in [2.75, 3.05) is 5.32 Å². The fourth-order valence-corrected chi connectivity index (χ4v) is 4.12. The van der Waals surface area contributed by atoms with E-state index in [2.05, 4.69) is 42.2 Å². The first-order valence-electron chi connectivity index (χ1n) is 7.41. The summed E-state index contributed by atoms with van der Waals surface area (Å²) < 4.78 is 2.00. The van der Waals surface area contributed by atoms with Gasteiger partial charge in [0.2, 0.25) is 0 Å². The summed E-state index contributed by atoms with van der Waals surface area (Å²) in [4.78, 5) is 16.9. The molecule has 0 fully saturated rings. The summed E-state index contributed by atoms with van der Waals surface area (Å²) >= 11 is 7.13. The number of fused-ring (bicyclic) bond motifs is 3. The lowest BCUT2D eigenvalue weighted by Gasteiger charge is -2.06. The molecule has 2 aromatic carbocycles. The minimum Gasteiger partial charge on any atom is -0.321 e. The van der Waals surface area contributed by atoms with Gasteiger partial charge in [-0.1, -0.05) is 37.9 Å². The lowest BCUT2D eigenvalue weighted by atomic mass is 9.99. The van der Waals surface area contributed by atoms with Crippen molar-refractivity contribution >= 4 is 66.0 Å². The average Bonchev–Trinajstić information content (AvgIpc) is 2.89. The van der Waals surface area contributed by atoms with Gasteiger partial charge in [0.1, 0.15) is 0 Å². The van der Waals surface area contributed by atoms with Gasteiger partial charge in [0.25, 0.3) is 5.91 Å². The molecule has 4 rings (SSSR count). The van der Waals surface area contributed by atoms with Crippen molar-refractivity contribution in [3.8, 4) is 0 Å². The first-order valence-corrected chi connectivity index (χ1v) is 9.00. The second-order valence-electron chi connectivity index (χ2n) is 5.68. The summed E-state index contributed by atoms with van der Waals surface area (Å²) in [5.41, 5.74) is 5.37. The summed E-state index contributed by atoms with van der Waals surface area (Å²) in [5, 5.41) is 3.92. The minimum absolute atomic E-state index is 0.0887. The van der Waals surface area contributed by atoms with Crippen molar-refractivity contribution in [1.82, 2.24) is 4.98 Å². The molecule has 0 saturated carbocycles. The Kier molecular flexibility index (Phi) is 3.77. The van der Waals surface area contributed by atoms with Crippen molar-refractivity contribution in [3.05, 3.63) is 68.2 Å². The second-order valence-corrected chi connectivity index (χ2v) is 7.39. The zero-order chi connectivity index (χ0) is 16.8. The minimum atomic E-state index is -0.0887. The number of carbonyl (C=O) groups excluding carboxylic acids is 1. The Bertz CT molecular complexity index is 1020. The highest BCUT2D eigenvalue weighted by Crippen LogP contribution is 2.38. The van der Waals surface area contributed by atoms with Crippen molar-refractivity contribution in [2.45, 2.75) is 6.92 Å². The normalized spacial score (nSPS) is 15.0. The van der Waals surface area contributed by atoms with Crippen LogP contribution in [0.3, 0.4) is 0 Å². The summed E-state index contributed by atoms with van der Waals surface area (Å²) in [6.07, 6.45) is 3.68. The van der Waals surface area contributed by atoms with Gasteiger partial charge in [-0.05, 0) is 54.5 Å². The molecule has 2 heterocycles. The third kappa shape index (κ3) is 2.48. The van der Waals surface area contributed by atoms with Crippen LogP contribution in [0, 0.1) is 6.92 Å². The van der Waals surface area contributed by atoms with Crippen LogP contribution in [-0.4, -0.2) is 10.9 Å². The maximum atomic E-state index is 12.5. The number of pyridine rings is 1. The number of aromatic nitrogens is 1. The van der Waals surface area contributed by atoms with Crippen LogP contribution >= 0.6 is 31.9 Å². The van der Waals surface area contributed by atoms with Gasteiger partial charge < -0.3 is 5.32 Å². The van der Waals surface area contributed by atoms with E-state index >= 15 is 0 Å². The number of nitrogens with one attached hydrogen (secondary N) is 1. The molecule has 1 aliphatic rings. The van der Waals surface area contributed by atoms with Crippen LogP contribution in [0.4, 0.5) is 5.69 Å². The highest BCUT2D eigenvalue weighted by atomic mass is 79.9. The first kappa shape index (κ1) is 15.5. The number of rotatable bonds is 1. The summed E-state index contributed by atoms with van der Waals surface area (Å²) in [6.45, 7) is 2.03. The molecule has 0 unspecified atom stereocenters. The molecule has 0 aliphatic carbocycles. The van der Waals surface area contributed by atoms with E-state index in [1.807, 2.05) is 49.4 Å².